The molecule has 11 heteroatoms. The van der Waals surface area contributed by atoms with Crippen molar-refractivity contribution in [1.29, 1.82) is 0 Å². The molecule has 0 amide bonds. The van der Waals surface area contributed by atoms with Gasteiger partial charge in [-0.1, -0.05) is 46.8 Å². The number of morpholine rings is 1. The van der Waals surface area contributed by atoms with E-state index < -0.39 is 6.10 Å². The van der Waals surface area contributed by atoms with Crippen LogP contribution in [0.15, 0.2) is 97.3 Å². The zero-order valence-electron chi connectivity index (χ0n) is 29.6. The fraction of sp³-hybridized carbons (Fsp3) is 0.317. The van der Waals surface area contributed by atoms with Crippen molar-refractivity contribution in [3.63, 3.8) is 0 Å². The Hall–Kier alpha value is -5.36. The molecule has 4 aromatic carbocycles. The van der Waals surface area contributed by atoms with E-state index in [4.69, 9.17) is 4.74 Å². The van der Waals surface area contributed by atoms with Gasteiger partial charge in [0.15, 0.2) is 0 Å². The number of rotatable bonds is 11. The zero-order valence-corrected chi connectivity index (χ0v) is 29.6. The highest BCUT2D eigenvalue weighted by Crippen LogP contribution is 2.35. The van der Waals surface area contributed by atoms with Crippen LogP contribution in [-0.4, -0.2) is 88.1 Å². The van der Waals surface area contributed by atoms with E-state index in [1.165, 1.54) is 21.8 Å². The van der Waals surface area contributed by atoms with Crippen LogP contribution >= 0.6 is 0 Å². The minimum Gasteiger partial charge on any atom is -0.391 e. The summed E-state index contributed by atoms with van der Waals surface area (Å²) >= 11 is 0. The summed E-state index contributed by atoms with van der Waals surface area (Å²) in [5.74, 6) is 0. The standard InChI is InChI=1S/C41H43N9O2/c1-3-47-37-10-6-4-8-33(37)35-24-29(12-15-38(35)47)49-31(26-42-44-49)14-17-41(51)28(2)48-39-11-7-5-9-34(39)36-25-30(13-16-40(36)48)50-32(27-43-45-50)18-19-46-20-22-52-23-21-46/h4-13,15-16,24-28,41,51H,3,14,17-23H2,1-2H3. The van der Waals surface area contributed by atoms with E-state index in [9.17, 15) is 5.11 Å². The first kappa shape index (κ1) is 32.5. The van der Waals surface area contributed by atoms with Crippen molar-refractivity contribution in [1.82, 2.24) is 44.0 Å². The van der Waals surface area contributed by atoms with Crippen LogP contribution < -0.4 is 0 Å². The third-order valence-electron chi connectivity index (χ3n) is 10.9. The number of hydrogen-bond acceptors (Lipinski definition) is 7. The predicted molar refractivity (Wildman–Crippen MR) is 204 cm³/mol. The first-order valence-electron chi connectivity index (χ1n) is 18.4. The number of hydrogen-bond donors (Lipinski definition) is 1. The summed E-state index contributed by atoms with van der Waals surface area (Å²) in [4.78, 5) is 2.43. The second-order valence-corrected chi connectivity index (χ2v) is 13.9. The van der Waals surface area contributed by atoms with Gasteiger partial charge in [0.1, 0.15) is 0 Å². The van der Waals surface area contributed by atoms with E-state index in [2.05, 4.69) is 133 Å². The molecule has 4 aromatic heterocycles. The maximum Gasteiger partial charge on any atom is 0.0748 e. The van der Waals surface area contributed by atoms with Gasteiger partial charge >= 0.3 is 0 Å². The minimum atomic E-state index is -0.603. The lowest BCUT2D eigenvalue weighted by Gasteiger charge is -2.26. The predicted octanol–water partition coefficient (Wildman–Crippen LogP) is 6.51. The molecular formula is C41H43N9O2. The number of aliphatic hydroxyl groups is 1. The summed E-state index contributed by atoms with van der Waals surface area (Å²) in [6.45, 7) is 9.64. The van der Waals surface area contributed by atoms with Crippen molar-refractivity contribution in [2.75, 3.05) is 32.8 Å². The highest BCUT2D eigenvalue weighted by molar-refractivity contribution is 6.09. The number of ether oxygens (including phenoxy) is 1. The van der Waals surface area contributed by atoms with Crippen molar-refractivity contribution in [2.45, 2.75) is 51.8 Å². The molecule has 52 heavy (non-hydrogen) atoms. The van der Waals surface area contributed by atoms with E-state index in [1.54, 1.807) is 0 Å². The number of aliphatic hydroxyl groups excluding tert-OH is 1. The molecule has 1 aliphatic heterocycles. The average Bonchev–Trinajstić information content (AvgIpc) is 3.99. The molecule has 9 rings (SSSR count). The van der Waals surface area contributed by atoms with E-state index in [0.717, 1.165) is 90.4 Å². The Morgan fingerprint density at radius 3 is 1.94 bits per heavy atom. The van der Waals surface area contributed by atoms with Gasteiger partial charge in [-0.3, -0.25) is 4.90 Å². The highest BCUT2D eigenvalue weighted by Gasteiger charge is 2.23. The van der Waals surface area contributed by atoms with Crippen LogP contribution in [0.25, 0.3) is 55.0 Å². The molecule has 1 fully saturated rings. The number of nitrogens with zero attached hydrogens (tertiary/aromatic N) is 9. The monoisotopic (exact) mass is 693 g/mol. The Labute approximate surface area is 301 Å². The van der Waals surface area contributed by atoms with Crippen molar-refractivity contribution in [2.24, 2.45) is 0 Å². The lowest BCUT2D eigenvalue weighted by atomic mass is 10.1. The molecule has 0 bridgehead atoms. The number of aromatic nitrogens is 8. The summed E-state index contributed by atoms with van der Waals surface area (Å²) in [6.07, 6.45) is 5.14. The lowest BCUT2D eigenvalue weighted by Crippen LogP contribution is -2.37. The second kappa shape index (κ2) is 13.6. The van der Waals surface area contributed by atoms with Crippen LogP contribution in [0.5, 0.6) is 0 Å². The molecule has 1 aliphatic rings. The fourth-order valence-electron chi connectivity index (χ4n) is 8.17. The van der Waals surface area contributed by atoms with Crippen LogP contribution in [0, 0.1) is 0 Å². The number of aryl methyl sites for hydroxylation is 2. The molecule has 0 spiro atoms. The number of fused-ring (bicyclic) bond motifs is 6. The zero-order chi connectivity index (χ0) is 35.2. The summed E-state index contributed by atoms with van der Waals surface area (Å²) in [6, 6.07) is 29.8. The normalized spacial score (nSPS) is 15.4. The quantitative estimate of drug-likeness (QED) is 0.165. The van der Waals surface area contributed by atoms with Gasteiger partial charge in [0.05, 0.1) is 60.5 Å². The first-order chi connectivity index (χ1) is 25.6. The topological polar surface area (TPSA) is 104 Å². The summed E-state index contributed by atoms with van der Waals surface area (Å²) in [7, 11) is 0. The third-order valence-corrected chi connectivity index (χ3v) is 10.9. The van der Waals surface area contributed by atoms with Crippen LogP contribution in [0.4, 0.5) is 0 Å². The molecule has 1 saturated heterocycles. The van der Waals surface area contributed by atoms with Gasteiger partial charge in [-0.15, -0.1) is 10.2 Å². The van der Waals surface area contributed by atoms with Gasteiger partial charge in [-0.05, 0) is 75.2 Å². The van der Waals surface area contributed by atoms with Gasteiger partial charge in [-0.2, -0.15) is 0 Å². The maximum atomic E-state index is 11.8. The van der Waals surface area contributed by atoms with Gasteiger partial charge in [0, 0.05) is 76.2 Å². The van der Waals surface area contributed by atoms with Gasteiger partial charge in [0.25, 0.3) is 0 Å². The summed E-state index contributed by atoms with van der Waals surface area (Å²) in [5.41, 5.74) is 8.62. The van der Waals surface area contributed by atoms with E-state index in [-0.39, 0.29) is 6.04 Å². The third kappa shape index (κ3) is 5.65. The maximum absolute atomic E-state index is 11.8. The molecule has 8 aromatic rings. The largest absolute Gasteiger partial charge is 0.391 e. The smallest absolute Gasteiger partial charge is 0.0748 e. The molecule has 2 unspecified atom stereocenters. The summed E-state index contributed by atoms with van der Waals surface area (Å²) < 4.78 is 14.0. The number of para-hydroxylation sites is 2. The van der Waals surface area contributed by atoms with Gasteiger partial charge < -0.3 is 19.0 Å². The fourth-order valence-corrected chi connectivity index (χ4v) is 8.17. The average molecular weight is 694 g/mol. The molecule has 0 saturated carbocycles. The van der Waals surface area contributed by atoms with Crippen molar-refractivity contribution < 1.29 is 9.84 Å². The first-order valence-corrected chi connectivity index (χ1v) is 18.4. The Morgan fingerprint density at radius 1 is 0.692 bits per heavy atom. The summed E-state index contributed by atoms with van der Waals surface area (Å²) in [5, 5.41) is 34.0. The lowest BCUT2D eigenvalue weighted by molar-refractivity contribution is 0.0383. The van der Waals surface area contributed by atoms with Crippen LogP contribution in [0.2, 0.25) is 0 Å². The van der Waals surface area contributed by atoms with Gasteiger partial charge in [0.2, 0.25) is 0 Å². The van der Waals surface area contributed by atoms with E-state index in [0.29, 0.717) is 12.8 Å². The van der Waals surface area contributed by atoms with Crippen molar-refractivity contribution in [3.8, 4) is 11.4 Å². The Kier molecular flexibility index (Phi) is 8.54. The Morgan fingerprint density at radius 2 is 1.25 bits per heavy atom. The Balaban J connectivity index is 0.971. The van der Waals surface area contributed by atoms with Crippen molar-refractivity contribution in [3.05, 3.63) is 109 Å². The van der Waals surface area contributed by atoms with E-state index in [1.807, 2.05) is 21.8 Å². The van der Waals surface area contributed by atoms with Crippen molar-refractivity contribution >= 4 is 43.6 Å². The minimum absolute atomic E-state index is 0.176. The SMILES string of the molecule is CCn1c2ccccc2c2cc(-n3nncc3CCC(O)C(C)n3c4ccccc4c4cc(-n5nncc5CCN5CCOCC5)ccc43)ccc21. The molecule has 0 aliphatic carbocycles. The van der Waals surface area contributed by atoms with Crippen LogP contribution in [-0.2, 0) is 24.1 Å². The molecular weight excluding hydrogens is 651 g/mol. The molecule has 2 atom stereocenters. The van der Waals surface area contributed by atoms with Crippen LogP contribution in [0.1, 0.15) is 37.7 Å². The molecule has 1 N–H and O–H groups in total. The van der Waals surface area contributed by atoms with Crippen LogP contribution in [0.3, 0.4) is 0 Å². The molecule has 5 heterocycles. The second-order valence-electron chi connectivity index (χ2n) is 13.9. The molecule has 264 valence electrons. The molecule has 0 radical (unpaired) electrons. The van der Waals surface area contributed by atoms with Gasteiger partial charge in [-0.25, -0.2) is 9.36 Å². The molecule has 11 nitrogen and oxygen atoms in total. The number of benzene rings is 4. The highest BCUT2D eigenvalue weighted by atomic mass is 16.5. The van der Waals surface area contributed by atoms with E-state index >= 15 is 0 Å². The Bertz CT molecular complexity index is 2520.